The summed E-state index contributed by atoms with van der Waals surface area (Å²) in [5.74, 6) is 0.865. The van der Waals surface area contributed by atoms with Crippen LogP contribution in [-0.2, 0) is 13.1 Å². The Bertz CT molecular complexity index is 876. The zero-order valence-electron chi connectivity index (χ0n) is 14.8. The van der Waals surface area contributed by atoms with Crippen molar-refractivity contribution in [3.8, 4) is 0 Å². The second-order valence-electron chi connectivity index (χ2n) is 6.31. The van der Waals surface area contributed by atoms with E-state index in [1.807, 2.05) is 37.3 Å². The van der Waals surface area contributed by atoms with E-state index in [-0.39, 0.29) is 0 Å². The van der Waals surface area contributed by atoms with Gasteiger partial charge in [-0.3, -0.25) is 0 Å². The Labute approximate surface area is 164 Å². The molecule has 0 amide bonds. The fourth-order valence-electron chi connectivity index (χ4n) is 2.63. The lowest BCUT2D eigenvalue weighted by Crippen LogP contribution is -2.33. The highest BCUT2D eigenvalue weighted by molar-refractivity contribution is 7.80. The molecule has 1 heterocycles. The van der Waals surface area contributed by atoms with Gasteiger partial charge in [-0.05, 0) is 61.5 Å². The predicted octanol–water partition coefficient (Wildman–Crippen LogP) is 5.95. The summed E-state index contributed by atoms with van der Waals surface area (Å²) < 4.78 is 5.51. The Morgan fingerprint density at radius 1 is 1.08 bits per heavy atom. The van der Waals surface area contributed by atoms with Crippen LogP contribution in [-0.4, -0.2) is 10.0 Å². The van der Waals surface area contributed by atoms with Crippen molar-refractivity contribution >= 4 is 34.6 Å². The van der Waals surface area contributed by atoms with Crippen LogP contribution in [0.25, 0.3) is 0 Å². The first-order valence-electron chi connectivity index (χ1n) is 8.41. The molecule has 0 saturated heterocycles. The van der Waals surface area contributed by atoms with E-state index in [9.17, 15) is 0 Å². The van der Waals surface area contributed by atoms with Crippen molar-refractivity contribution in [2.45, 2.75) is 26.9 Å². The first-order valence-corrected chi connectivity index (χ1v) is 9.20. The van der Waals surface area contributed by atoms with Crippen molar-refractivity contribution in [2.24, 2.45) is 0 Å². The molecule has 0 fully saturated rings. The minimum atomic E-state index is 0.590. The average molecular weight is 385 g/mol. The van der Waals surface area contributed by atoms with E-state index in [1.165, 1.54) is 11.1 Å². The van der Waals surface area contributed by atoms with Gasteiger partial charge in [-0.1, -0.05) is 47.5 Å². The summed E-state index contributed by atoms with van der Waals surface area (Å²) in [5, 5.41) is 4.64. The molecule has 0 atom stereocenters. The number of furan rings is 1. The second kappa shape index (κ2) is 8.39. The Hall–Kier alpha value is -2.30. The van der Waals surface area contributed by atoms with Gasteiger partial charge >= 0.3 is 0 Å². The van der Waals surface area contributed by atoms with Crippen molar-refractivity contribution in [3.05, 3.63) is 88.3 Å². The topological polar surface area (TPSA) is 28.4 Å². The molecule has 2 aromatic carbocycles. The van der Waals surface area contributed by atoms with Crippen molar-refractivity contribution in [1.29, 1.82) is 0 Å². The number of nitrogens with zero attached hydrogens (tertiary/aromatic N) is 1. The quantitative estimate of drug-likeness (QED) is 0.550. The normalized spacial score (nSPS) is 10.6. The number of aryl methyl sites for hydroxylation is 2. The molecule has 0 radical (unpaired) electrons. The van der Waals surface area contributed by atoms with Gasteiger partial charge in [0.05, 0.1) is 12.8 Å². The van der Waals surface area contributed by atoms with Crippen molar-refractivity contribution in [1.82, 2.24) is 4.90 Å². The summed E-state index contributed by atoms with van der Waals surface area (Å²) in [6.45, 7) is 5.38. The molecule has 0 aliphatic rings. The summed E-state index contributed by atoms with van der Waals surface area (Å²) >= 11 is 11.8. The summed E-state index contributed by atoms with van der Waals surface area (Å²) in [4.78, 5) is 2.08. The molecule has 134 valence electrons. The molecule has 0 spiro atoms. The zero-order valence-corrected chi connectivity index (χ0v) is 16.4. The third-order valence-electron chi connectivity index (χ3n) is 4.15. The predicted molar refractivity (Wildman–Crippen MR) is 112 cm³/mol. The van der Waals surface area contributed by atoms with Gasteiger partial charge in [0.25, 0.3) is 0 Å². The van der Waals surface area contributed by atoms with E-state index < -0.39 is 0 Å². The summed E-state index contributed by atoms with van der Waals surface area (Å²) in [6.07, 6.45) is 1.68. The molecule has 3 aromatic rings. The first-order chi connectivity index (χ1) is 12.5. The second-order valence-corrected chi connectivity index (χ2v) is 7.13. The van der Waals surface area contributed by atoms with Crippen molar-refractivity contribution in [2.75, 3.05) is 5.32 Å². The summed E-state index contributed by atoms with van der Waals surface area (Å²) in [7, 11) is 0. The van der Waals surface area contributed by atoms with Crippen LogP contribution in [0.1, 0.15) is 22.5 Å². The number of nitrogens with one attached hydrogen (secondary N) is 1. The fraction of sp³-hybridized carbons (Fsp3) is 0.190. The van der Waals surface area contributed by atoms with Gasteiger partial charge in [0, 0.05) is 17.3 Å². The van der Waals surface area contributed by atoms with Gasteiger partial charge in [-0.25, -0.2) is 0 Å². The number of rotatable bonds is 5. The molecular weight excluding hydrogens is 364 g/mol. The lowest BCUT2D eigenvalue weighted by molar-refractivity contribution is 0.360. The summed E-state index contributed by atoms with van der Waals surface area (Å²) in [6, 6.07) is 18.0. The molecule has 0 unspecified atom stereocenters. The smallest absolute Gasteiger partial charge is 0.174 e. The van der Waals surface area contributed by atoms with Gasteiger partial charge in [0.2, 0.25) is 0 Å². The Kier molecular flexibility index (Phi) is 5.96. The van der Waals surface area contributed by atoms with Crippen LogP contribution in [0.15, 0.2) is 65.3 Å². The number of benzene rings is 2. The molecular formula is C21H21ClN2OS. The zero-order chi connectivity index (χ0) is 18.5. The highest BCUT2D eigenvalue weighted by Gasteiger charge is 2.14. The van der Waals surface area contributed by atoms with Crippen LogP contribution >= 0.6 is 23.8 Å². The number of thiocarbonyl (C=S) groups is 1. The van der Waals surface area contributed by atoms with E-state index >= 15 is 0 Å². The van der Waals surface area contributed by atoms with Gasteiger partial charge in [-0.15, -0.1) is 0 Å². The molecule has 0 aliphatic carbocycles. The SMILES string of the molecule is Cc1ccc(CN(Cc2ccco2)C(=S)Nc2cc(Cl)ccc2C)cc1. The highest BCUT2D eigenvalue weighted by atomic mass is 35.5. The van der Waals surface area contributed by atoms with E-state index in [4.69, 9.17) is 28.2 Å². The van der Waals surface area contributed by atoms with Gasteiger partial charge < -0.3 is 14.6 Å². The van der Waals surface area contributed by atoms with Gasteiger partial charge in [-0.2, -0.15) is 0 Å². The minimum absolute atomic E-state index is 0.590. The maximum atomic E-state index is 6.13. The Morgan fingerprint density at radius 2 is 1.85 bits per heavy atom. The molecule has 3 nitrogen and oxygen atoms in total. The molecule has 26 heavy (non-hydrogen) atoms. The standard InChI is InChI=1S/C21H21ClN2OS/c1-15-5-8-17(9-6-15)13-24(14-19-4-3-11-25-19)21(26)23-20-12-18(22)10-7-16(20)2/h3-12H,13-14H2,1-2H3,(H,23,26). The summed E-state index contributed by atoms with van der Waals surface area (Å²) in [5.41, 5.74) is 4.43. The lowest BCUT2D eigenvalue weighted by Gasteiger charge is -2.26. The van der Waals surface area contributed by atoms with Crippen molar-refractivity contribution in [3.63, 3.8) is 0 Å². The van der Waals surface area contributed by atoms with Crippen LogP contribution in [0.2, 0.25) is 5.02 Å². The van der Waals surface area contributed by atoms with E-state index in [1.54, 1.807) is 6.26 Å². The monoisotopic (exact) mass is 384 g/mol. The maximum Gasteiger partial charge on any atom is 0.174 e. The third-order valence-corrected chi connectivity index (χ3v) is 4.74. The lowest BCUT2D eigenvalue weighted by atomic mass is 10.1. The van der Waals surface area contributed by atoms with Crippen LogP contribution in [0, 0.1) is 13.8 Å². The van der Waals surface area contributed by atoms with E-state index in [0.717, 1.165) is 17.0 Å². The Morgan fingerprint density at radius 3 is 2.54 bits per heavy atom. The van der Waals surface area contributed by atoms with Crippen LogP contribution in [0.4, 0.5) is 5.69 Å². The van der Waals surface area contributed by atoms with Gasteiger partial charge in [0.1, 0.15) is 5.76 Å². The van der Waals surface area contributed by atoms with E-state index in [2.05, 4.69) is 41.4 Å². The van der Waals surface area contributed by atoms with Gasteiger partial charge in [0.15, 0.2) is 5.11 Å². The third kappa shape index (κ3) is 4.87. The van der Waals surface area contributed by atoms with E-state index in [0.29, 0.717) is 23.2 Å². The fourth-order valence-corrected chi connectivity index (χ4v) is 3.04. The molecule has 1 N–H and O–H groups in total. The van der Waals surface area contributed by atoms with Crippen LogP contribution in [0.5, 0.6) is 0 Å². The molecule has 1 aromatic heterocycles. The number of halogens is 1. The molecule has 3 rings (SSSR count). The highest BCUT2D eigenvalue weighted by Crippen LogP contribution is 2.21. The number of anilines is 1. The molecule has 0 aliphatic heterocycles. The first kappa shape index (κ1) is 18.5. The van der Waals surface area contributed by atoms with Crippen LogP contribution in [0.3, 0.4) is 0 Å². The van der Waals surface area contributed by atoms with Crippen LogP contribution < -0.4 is 5.32 Å². The Balaban J connectivity index is 1.80. The number of hydrogen-bond acceptors (Lipinski definition) is 2. The minimum Gasteiger partial charge on any atom is -0.467 e. The molecule has 0 saturated carbocycles. The molecule has 5 heteroatoms. The largest absolute Gasteiger partial charge is 0.467 e. The number of hydrogen-bond donors (Lipinski definition) is 1. The maximum absolute atomic E-state index is 6.13. The molecule has 0 bridgehead atoms. The average Bonchev–Trinajstić information content (AvgIpc) is 3.12. The van der Waals surface area contributed by atoms with Crippen molar-refractivity contribution < 1.29 is 4.42 Å².